The molecule has 0 fully saturated rings. The Morgan fingerprint density at radius 1 is 0.750 bits per heavy atom. The predicted molar refractivity (Wildman–Crippen MR) is 159 cm³/mol. The molecule has 0 aromatic heterocycles. The number of ether oxygens (including phenoxy) is 3. The topological polar surface area (TPSA) is 85.9 Å². The summed E-state index contributed by atoms with van der Waals surface area (Å²) in [6, 6.07) is 29.8. The van der Waals surface area contributed by atoms with Crippen LogP contribution in [0.4, 0.5) is 5.69 Å². The molecule has 0 atom stereocenters. The zero-order valence-electron chi connectivity index (χ0n) is 22.5. The summed E-state index contributed by atoms with van der Waals surface area (Å²) >= 11 is 1.71. The first kappa shape index (κ1) is 28.3. The molecule has 8 heteroatoms. The lowest BCUT2D eigenvalue weighted by molar-refractivity contribution is -0.113. The van der Waals surface area contributed by atoms with Crippen LogP contribution in [-0.4, -0.2) is 33.1 Å². The van der Waals surface area contributed by atoms with Gasteiger partial charge in [0.2, 0.25) is 0 Å². The summed E-state index contributed by atoms with van der Waals surface area (Å²) in [7, 11) is 4.56. The van der Waals surface area contributed by atoms with Crippen molar-refractivity contribution in [1.82, 2.24) is 5.32 Å². The molecule has 0 aliphatic rings. The van der Waals surface area contributed by atoms with Gasteiger partial charge in [-0.25, -0.2) is 0 Å². The average Bonchev–Trinajstić information content (AvgIpc) is 3.00. The summed E-state index contributed by atoms with van der Waals surface area (Å²) < 4.78 is 16.3. The van der Waals surface area contributed by atoms with Crippen LogP contribution in [0.3, 0.4) is 0 Å². The number of hydrogen-bond donors (Lipinski definition) is 2. The van der Waals surface area contributed by atoms with E-state index in [4.69, 9.17) is 14.2 Å². The monoisotopic (exact) mass is 554 g/mol. The maximum atomic E-state index is 13.5. The highest BCUT2D eigenvalue weighted by molar-refractivity contribution is 7.98. The van der Waals surface area contributed by atoms with Crippen molar-refractivity contribution in [2.45, 2.75) is 10.6 Å². The third-order valence-corrected chi connectivity index (χ3v) is 7.01. The molecule has 204 valence electrons. The van der Waals surface area contributed by atoms with Crippen molar-refractivity contribution in [3.8, 4) is 17.2 Å². The second kappa shape index (κ2) is 13.9. The molecule has 2 N–H and O–H groups in total. The molecule has 0 bridgehead atoms. The number of carbonyl (C=O) groups excluding carboxylic acids is 2. The zero-order valence-corrected chi connectivity index (χ0v) is 23.3. The molecule has 0 aliphatic heterocycles. The summed E-state index contributed by atoms with van der Waals surface area (Å²) in [5.41, 5.74) is 2.79. The highest BCUT2D eigenvalue weighted by atomic mass is 32.2. The van der Waals surface area contributed by atoms with E-state index in [0.29, 0.717) is 34.1 Å². The number of amides is 2. The Kier molecular flexibility index (Phi) is 9.85. The van der Waals surface area contributed by atoms with Crippen molar-refractivity contribution in [1.29, 1.82) is 0 Å². The third-order valence-electron chi connectivity index (χ3n) is 5.93. The Morgan fingerprint density at radius 2 is 1.35 bits per heavy atom. The highest BCUT2D eigenvalue weighted by Crippen LogP contribution is 2.35. The van der Waals surface area contributed by atoms with E-state index in [0.717, 1.165) is 10.6 Å². The van der Waals surface area contributed by atoms with Gasteiger partial charge in [0.1, 0.15) is 11.4 Å². The minimum atomic E-state index is -0.495. The van der Waals surface area contributed by atoms with Gasteiger partial charge >= 0.3 is 0 Å². The van der Waals surface area contributed by atoms with Gasteiger partial charge in [-0.05, 0) is 54.1 Å². The van der Waals surface area contributed by atoms with Crippen LogP contribution in [0, 0.1) is 0 Å². The average molecular weight is 555 g/mol. The van der Waals surface area contributed by atoms with E-state index in [1.807, 2.05) is 48.5 Å². The van der Waals surface area contributed by atoms with E-state index in [-0.39, 0.29) is 5.70 Å². The van der Waals surface area contributed by atoms with E-state index in [9.17, 15) is 9.59 Å². The molecule has 0 heterocycles. The summed E-state index contributed by atoms with van der Waals surface area (Å²) in [5, 5.41) is 5.63. The Hall–Kier alpha value is -4.69. The summed E-state index contributed by atoms with van der Waals surface area (Å²) in [6.07, 6.45) is 1.54. The van der Waals surface area contributed by atoms with Gasteiger partial charge in [-0.2, -0.15) is 0 Å². The van der Waals surface area contributed by atoms with Gasteiger partial charge < -0.3 is 24.8 Å². The largest absolute Gasteiger partial charge is 0.496 e. The van der Waals surface area contributed by atoms with Crippen LogP contribution in [0.1, 0.15) is 21.5 Å². The second-order valence-corrected chi connectivity index (χ2v) is 9.63. The van der Waals surface area contributed by atoms with Crippen molar-refractivity contribution in [2.24, 2.45) is 0 Å². The maximum absolute atomic E-state index is 13.5. The smallest absolute Gasteiger partial charge is 0.272 e. The lowest BCUT2D eigenvalue weighted by atomic mass is 10.1. The number of carbonyl (C=O) groups is 2. The number of hydrogen-bond acceptors (Lipinski definition) is 6. The molecule has 0 saturated heterocycles. The van der Waals surface area contributed by atoms with Crippen LogP contribution >= 0.6 is 11.8 Å². The van der Waals surface area contributed by atoms with Gasteiger partial charge in [0.25, 0.3) is 11.8 Å². The second-order valence-electron chi connectivity index (χ2n) is 8.58. The van der Waals surface area contributed by atoms with E-state index >= 15 is 0 Å². The standard InChI is InChI=1S/C32H30N2O5S/c1-37-28-20-30(39-3)29(38-2)19-24(28)18-27(34-31(35)23-12-8-5-9-13-23)32(36)33-25-14-16-26(17-15-25)40-21-22-10-6-4-7-11-22/h4-20H,21H2,1-3H3,(H,33,36)(H,34,35)/b27-18-. The van der Waals surface area contributed by atoms with Crippen LogP contribution in [0.5, 0.6) is 17.2 Å². The SMILES string of the molecule is COc1cc(OC)c(OC)cc1/C=C(\NC(=O)c1ccccc1)C(=O)Nc1ccc(SCc2ccccc2)cc1. The van der Waals surface area contributed by atoms with Crippen LogP contribution < -0.4 is 24.8 Å². The molecule has 0 aliphatic carbocycles. The lowest BCUT2D eigenvalue weighted by Gasteiger charge is -2.15. The van der Waals surface area contributed by atoms with Crippen molar-refractivity contribution < 1.29 is 23.8 Å². The molecule has 7 nitrogen and oxygen atoms in total. The van der Waals surface area contributed by atoms with E-state index in [1.54, 1.807) is 54.2 Å². The highest BCUT2D eigenvalue weighted by Gasteiger charge is 2.18. The Morgan fingerprint density at radius 3 is 1.98 bits per heavy atom. The molecular formula is C32H30N2O5S. The van der Waals surface area contributed by atoms with Crippen molar-refractivity contribution in [2.75, 3.05) is 26.6 Å². The number of thioether (sulfide) groups is 1. The Labute approximate surface area is 238 Å². The molecule has 40 heavy (non-hydrogen) atoms. The van der Waals surface area contributed by atoms with Crippen LogP contribution in [0.15, 0.2) is 108 Å². The zero-order chi connectivity index (χ0) is 28.3. The number of rotatable bonds is 11. The lowest BCUT2D eigenvalue weighted by Crippen LogP contribution is -2.30. The fourth-order valence-electron chi connectivity index (χ4n) is 3.84. The normalized spacial score (nSPS) is 10.9. The summed E-state index contributed by atoms with van der Waals surface area (Å²) in [5.74, 6) is 1.29. The van der Waals surface area contributed by atoms with E-state index in [2.05, 4.69) is 22.8 Å². The number of benzene rings is 4. The van der Waals surface area contributed by atoms with Gasteiger partial charge in [0.05, 0.1) is 21.3 Å². The molecule has 0 saturated carbocycles. The Bertz CT molecular complexity index is 1470. The Balaban J connectivity index is 1.58. The molecule has 4 aromatic carbocycles. The minimum Gasteiger partial charge on any atom is -0.496 e. The molecule has 0 unspecified atom stereocenters. The maximum Gasteiger partial charge on any atom is 0.272 e. The van der Waals surface area contributed by atoms with Crippen molar-refractivity contribution in [3.63, 3.8) is 0 Å². The van der Waals surface area contributed by atoms with Gasteiger partial charge in [-0.1, -0.05) is 48.5 Å². The van der Waals surface area contributed by atoms with Gasteiger partial charge in [0.15, 0.2) is 11.5 Å². The molecule has 4 rings (SSSR count). The van der Waals surface area contributed by atoms with E-state index in [1.165, 1.54) is 26.9 Å². The van der Waals surface area contributed by atoms with Gasteiger partial charge in [-0.3, -0.25) is 9.59 Å². The summed E-state index contributed by atoms with van der Waals surface area (Å²) in [4.78, 5) is 27.5. The predicted octanol–water partition coefficient (Wildman–Crippen LogP) is 6.41. The number of anilines is 1. The fourth-order valence-corrected chi connectivity index (χ4v) is 4.69. The summed E-state index contributed by atoms with van der Waals surface area (Å²) in [6.45, 7) is 0. The quantitative estimate of drug-likeness (QED) is 0.165. The third kappa shape index (κ3) is 7.45. The van der Waals surface area contributed by atoms with Gasteiger partial charge in [-0.15, -0.1) is 11.8 Å². The van der Waals surface area contributed by atoms with Crippen molar-refractivity contribution in [3.05, 3.63) is 119 Å². The minimum absolute atomic E-state index is 0.0295. The molecule has 4 aromatic rings. The van der Waals surface area contributed by atoms with E-state index < -0.39 is 11.8 Å². The first-order chi connectivity index (χ1) is 19.5. The molecule has 2 amide bonds. The number of nitrogens with one attached hydrogen (secondary N) is 2. The van der Waals surface area contributed by atoms with Crippen LogP contribution in [-0.2, 0) is 10.5 Å². The molecule has 0 spiro atoms. The molecular weight excluding hydrogens is 524 g/mol. The first-order valence-electron chi connectivity index (χ1n) is 12.5. The molecule has 0 radical (unpaired) electrons. The first-order valence-corrected chi connectivity index (χ1v) is 13.5. The van der Waals surface area contributed by atoms with Gasteiger partial charge in [0, 0.05) is 33.5 Å². The van der Waals surface area contributed by atoms with Crippen LogP contribution in [0.25, 0.3) is 6.08 Å². The van der Waals surface area contributed by atoms with Crippen molar-refractivity contribution >= 4 is 35.3 Å². The van der Waals surface area contributed by atoms with Crippen LogP contribution in [0.2, 0.25) is 0 Å². The fraction of sp³-hybridized carbons (Fsp3) is 0.125. The number of methoxy groups -OCH3 is 3.